The lowest BCUT2D eigenvalue weighted by molar-refractivity contribution is 0.366. The standard InChI is InChI=1S/C14H27N/c1-6-9-12-15(8-3)14(5)11-10-13(4)7-2/h10-11,13H,5-9,12H2,1-4H3/b11-10-. The predicted octanol–water partition coefficient (Wildman–Crippen LogP) is 4.22. The zero-order valence-electron chi connectivity index (χ0n) is 10.9. The van der Waals surface area contributed by atoms with E-state index in [4.69, 9.17) is 0 Å². The first-order valence-electron chi connectivity index (χ1n) is 6.27. The molecule has 0 radical (unpaired) electrons. The topological polar surface area (TPSA) is 3.24 Å². The Bertz CT molecular complexity index is 194. The van der Waals surface area contributed by atoms with E-state index >= 15 is 0 Å². The first kappa shape index (κ1) is 14.3. The Morgan fingerprint density at radius 2 is 2.00 bits per heavy atom. The van der Waals surface area contributed by atoms with Gasteiger partial charge in [-0.15, -0.1) is 0 Å². The van der Waals surface area contributed by atoms with Gasteiger partial charge < -0.3 is 4.90 Å². The summed E-state index contributed by atoms with van der Waals surface area (Å²) in [6.45, 7) is 15.2. The molecular weight excluding hydrogens is 182 g/mol. The first-order valence-corrected chi connectivity index (χ1v) is 6.27. The van der Waals surface area contributed by atoms with Crippen molar-refractivity contribution in [1.82, 2.24) is 4.90 Å². The van der Waals surface area contributed by atoms with Gasteiger partial charge in [0, 0.05) is 18.8 Å². The highest BCUT2D eigenvalue weighted by atomic mass is 15.1. The van der Waals surface area contributed by atoms with Gasteiger partial charge in [0.15, 0.2) is 0 Å². The minimum absolute atomic E-state index is 0.659. The van der Waals surface area contributed by atoms with Crippen LogP contribution in [0.25, 0.3) is 0 Å². The molecule has 1 heteroatoms. The average Bonchev–Trinajstić information content (AvgIpc) is 2.26. The third-order valence-electron chi connectivity index (χ3n) is 2.83. The van der Waals surface area contributed by atoms with E-state index in [9.17, 15) is 0 Å². The Kier molecular flexibility index (Phi) is 8.17. The highest BCUT2D eigenvalue weighted by Crippen LogP contribution is 2.09. The summed E-state index contributed by atoms with van der Waals surface area (Å²) in [6.07, 6.45) is 8.14. The largest absolute Gasteiger partial charge is 0.372 e. The molecule has 0 amide bonds. The number of rotatable bonds is 8. The van der Waals surface area contributed by atoms with Gasteiger partial charge in [-0.2, -0.15) is 0 Å². The van der Waals surface area contributed by atoms with Crippen molar-refractivity contribution < 1.29 is 0 Å². The minimum atomic E-state index is 0.659. The number of hydrogen-bond donors (Lipinski definition) is 0. The Hall–Kier alpha value is -0.720. The third-order valence-corrected chi connectivity index (χ3v) is 2.83. The molecule has 0 aromatic carbocycles. The molecule has 0 saturated carbocycles. The quantitative estimate of drug-likeness (QED) is 0.541. The van der Waals surface area contributed by atoms with Crippen LogP contribution < -0.4 is 0 Å². The summed E-state index contributed by atoms with van der Waals surface area (Å²) in [7, 11) is 0. The van der Waals surface area contributed by atoms with Crippen LogP contribution in [0.3, 0.4) is 0 Å². The highest BCUT2D eigenvalue weighted by molar-refractivity contribution is 5.13. The van der Waals surface area contributed by atoms with Gasteiger partial charge in [-0.3, -0.25) is 0 Å². The summed E-state index contributed by atoms with van der Waals surface area (Å²) in [6, 6.07) is 0. The summed E-state index contributed by atoms with van der Waals surface area (Å²) in [5.74, 6) is 0.659. The Morgan fingerprint density at radius 1 is 1.33 bits per heavy atom. The molecule has 1 atom stereocenters. The molecule has 1 unspecified atom stereocenters. The summed E-state index contributed by atoms with van der Waals surface area (Å²) in [5.41, 5.74) is 1.16. The van der Waals surface area contributed by atoms with Crippen LogP contribution in [0.15, 0.2) is 24.4 Å². The van der Waals surface area contributed by atoms with E-state index in [1.54, 1.807) is 0 Å². The molecule has 0 fully saturated rings. The molecule has 0 aliphatic heterocycles. The van der Waals surface area contributed by atoms with Crippen molar-refractivity contribution in [2.24, 2.45) is 5.92 Å². The van der Waals surface area contributed by atoms with E-state index in [-0.39, 0.29) is 0 Å². The maximum absolute atomic E-state index is 4.12. The second-order valence-corrected chi connectivity index (χ2v) is 4.17. The second kappa shape index (κ2) is 8.58. The molecule has 0 saturated heterocycles. The molecule has 0 aromatic heterocycles. The number of allylic oxidation sites excluding steroid dienone is 2. The van der Waals surface area contributed by atoms with Gasteiger partial charge in [-0.1, -0.05) is 46.3 Å². The number of likely N-dealkylation sites (N-methyl/N-ethyl adjacent to an activating group) is 1. The minimum Gasteiger partial charge on any atom is -0.372 e. The molecule has 0 spiro atoms. The van der Waals surface area contributed by atoms with E-state index < -0.39 is 0 Å². The molecule has 0 bridgehead atoms. The summed E-state index contributed by atoms with van der Waals surface area (Å²) < 4.78 is 0. The fraction of sp³-hybridized carbons (Fsp3) is 0.714. The normalized spacial score (nSPS) is 13.1. The molecule has 88 valence electrons. The molecule has 15 heavy (non-hydrogen) atoms. The molecule has 0 aromatic rings. The summed E-state index contributed by atoms with van der Waals surface area (Å²) in [5, 5.41) is 0. The Morgan fingerprint density at radius 3 is 2.47 bits per heavy atom. The lowest BCUT2D eigenvalue weighted by atomic mass is 10.1. The first-order chi connectivity index (χ1) is 7.15. The van der Waals surface area contributed by atoms with Crippen molar-refractivity contribution in [2.45, 2.75) is 47.0 Å². The monoisotopic (exact) mass is 209 g/mol. The molecule has 0 aliphatic carbocycles. The Labute approximate surface area is 95.9 Å². The van der Waals surface area contributed by atoms with Crippen LogP contribution in [0, 0.1) is 5.92 Å². The van der Waals surface area contributed by atoms with Crippen LogP contribution in [-0.2, 0) is 0 Å². The lowest BCUT2D eigenvalue weighted by Gasteiger charge is -2.23. The van der Waals surface area contributed by atoms with Crippen molar-refractivity contribution in [1.29, 1.82) is 0 Å². The predicted molar refractivity (Wildman–Crippen MR) is 69.9 cm³/mol. The summed E-state index contributed by atoms with van der Waals surface area (Å²) in [4.78, 5) is 2.35. The maximum atomic E-state index is 4.12. The molecule has 0 N–H and O–H groups in total. The van der Waals surface area contributed by atoms with Crippen LogP contribution in [-0.4, -0.2) is 18.0 Å². The molecule has 0 heterocycles. The van der Waals surface area contributed by atoms with Crippen molar-refractivity contribution in [2.75, 3.05) is 13.1 Å². The van der Waals surface area contributed by atoms with Crippen LogP contribution >= 0.6 is 0 Å². The molecular formula is C14H27N. The van der Waals surface area contributed by atoms with Crippen LogP contribution in [0.2, 0.25) is 0 Å². The molecule has 0 rings (SSSR count). The van der Waals surface area contributed by atoms with Gasteiger partial charge >= 0.3 is 0 Å². The van der Waals surface area contributed by atoms with Gasteiger partial charge in [0.2, 0.25) is 0 Å². The fourth-order valence-corrected chi connectivity index (χ4v) is 1.37. The molecule has 0 aliphatic rings. The van der Waals surface area contributed by atoms with Gasteiger partial charge in [0.25, 0.3) is 0 Å². The Balaban J connectivity index is 4.08. The highest BCUT2D eigenvalue weighted by Gasteiger charge is 2.01. The zero-order valence-corrected chi connectivity index (χ0v) is 10.9. The van der Waals surface area contributed by atoms with E-state index in [0.717, 1.165) is 18.8 Å². The van der Waals surface area contributed by atoms with Crippen LogP contribution in [0.4, 0.5) is 0 Å². The smallest absolute Gasteiger partial charge is 0.0289 e. The van der Waals surface area contributed by atoms with Crippen molar-refractivity contribution in [3.63, 3.8) is 0 Å². The number of nitrogens with zero attached hydrogens (tertiary/aromatic N) is 1. The summed E-state index contributed by atoms with van der Waals surface area (Å²) >= 11 is 0. The average molecular weight is 209 g/mol. The fourth-order valence-electron chi connectivity index (χ4n) is 1.37. The van der Waals surface area contributed by atoms with Gasteiger partial charge in [0.1, 0.15) is 0 Å². The number of hydrogen-bond acceptors (Lipinski definition) is 1. The van der Waals surface area contributed by atoms with Gasteiger partial charge in [-0.05, 0) is 25.3 Å². The van der Waals surface area contributed by atoms with E-state index in [1.165, 1.54) is 19.3 Å². The van der Waals surface area contributed by atoms with E-state index in [1.807, 2.05) is 0 Å². The van der Waals surface area contributed by atoms with Crippen LogP contribution in [0.5, 0.6) is 0 Å². The molecule has 1 nitrogen and oxygen atoms in total. The van der Waals surface area contributed by atoms with Crippen LogP contribution in [0.1, 0.15) is 47.0 Å². The lowest BCUT2D eigenvalue weighted by Crippen LogP contribution is -2.22. The van der Waals surface area contributed by atoms with E-state index in [0.29, 0.717) is 5.92 Å². The van der Waals surface area contributed by atoms with E-state index in [2.05, 4.69) is 51.3 Å². The van der Waals surface area contributed by atoms with Gasteiger partial charge in [-0.25, -0.2) is 0 Å². The SMILES string of the molecule is C=C(/C=C\C(C)CC)N(CC)CCCC. The third kappa shape index (κ3) is 6.38. The van der Waals surface area contributed by atoms with Crippen molar-refractivity contribution in [3.05, 3.63) is 24.4 Å². The number of unbranched alkanes of at least 4 members (excludes halogenated alkanes) is 1. The maximum Gasteiger partial charge on any atom is 0.0289 e. The van der Waals surface area contributed by atoms with Crippen molar-refractivity contribution in [3.8, 4) is 0 Å². The van der Waals surface area contributed by atoms with Crippen molar-refractivity contribution >= 4 is 0 Å². The zero-order chi connectivity index (χ0) is 11.7. The van der Waals surface area contributed by atoms with Gasteiger partial charge in [0.05, 0.1) is 0 Å². The second-order valence-electron chi connectivity index (χ2n) is 4.17.